The van der Waals surface area contributed by atoms with Crippen LogP contribution in [0.25, 0.3) is 0 Å². The third-order valence-corrected chi connectivity index (χ3v) is 3.05. The molecule has 1 aliphatic carbocycles. The largest absolute Gasteiger partial charge is 0.481 e. The monoisotopic (exact) mass is 186 g/mol. The first-order valence-corrected chi connectivity index (χ1v) is 4.35. The van der Waals surface area contributed by atoms with Crippen molar-refractivity contribution in [2.45, 2.75) is 26.7 Å². The maximum Gasteiger partial charge on any atom is 0.307 e. The quantitative estimate of drug-likeness (QED) is 0.692. The van der Waals surface area contributed by atoms with Gasteiger partial charge >= 0.3 is 11.9 Å². The molecule has 1 aliphatic rings. The first-order valence-electron chi connectivity index (χ1n) is 4.35. The molecule has 1 saturated carbocycles. The predicted octanol–water partition coefficient (Wildman–Crippen LogP) is 1.21. The van der Waals surface area contributed by atoms with Crippen LogP contribution in [0, 0.1) is 17.3 Å². The van der Waals surface area contributed by atoms with Gasteiger partial charge in [-0.1, -0.05) is 13.8 Å². The zero-order valence-electron chi connectivity index (χ0n) is 7.78. The Morgan fingerprint density at radius 1 is 1.46 bits per heavy atom. The molecule has 0 unspecified atom stereocenters. The van der Waals surface area contributed by atoms with Gasteiger partial charge in [0, 0.05) is 0 Å². The minimum Gasteiger partial charge on any atom is -0.481 e. The topological polar surface area (TPSA) is 74.6 Å². The molecule has 74 valence electrons. The van der Waals surface area contributed by atoms with Gasteiger partial charge in [-0.15, -0.1) is 0 Å². The van der Waals surface area contributed by atoms with Crippen molar-refractivity contribution in [1.82, 2.24) is 0 Å². The number of carboxylic acid groups (broad SMARTS) is 2. The normalized spacial score (nSPS) is 31.8. The zero-order valence-corrected chi connectivity index (χ0v) is 7.78. The summed E-state index contributed by atoms with van der Waals surface area (Å²) in [6.45, 7) is 3.76. The van der Waals surface area contributed by atoms with Gasteiger partial charge in [-0.25, -0.2) is 0 Å². The van der Waals surface area contributed by atoms with E-state index < -0.39 is 23.3 Å². The first-order chi connectivity index (χ1) is 5.90. The van der Waals surface area contributed by atoms with Crippen molar-refractivity contribution in [1.29, 1.82) is 0 Å². The molecule has 1 rings (SSSR count). The van der Waals surface area contributed by atoms with Crippen molar-refractivity contribution in [3.8, 4) is 0 Å². The predicted molar refractivity (Wildman–Crippen MR) is 45.3 cm³/mol. The lowest BCUT2D eigenvalue weighted by Gasteiger charge is -2.17. The summed E-state index contributed by atoms with van der Waals surface area (Å²) in [6, 6.07) is 0. The number of aliphatic carboxylic acids is 2. The fourth-order valence-electron chi connectivity index (χ4n) is 1.97. The lowest BCUT2D eigenvalue weighted by atomic mass is 9.86. The fourth-order valence-corrected chi connectivity index (χ4v) is 1.97. The molecule has 0 radical (unpaired) electrons. The maximum absolute atomic E-state index is 10.7. The molecule has 13 heavy (non-hydrogen) atoms. The van der Waals surface area contributed by atoms with Crippen LogP contribution < -0.4 is 0 Å². The van der Waals surface area contributed by atoms with E-state index in [0.717, 1.165) is 0 Å². The van der Waals surface area contributed by atoms with E-state index in [2.05, 4.69) is 0 Å². The van der Waals surface area contributed by atoms with Crippen molar-refractivity contribution in [3.05, 3.63) is 0 Å². The molecule has 0 heterocycles. The van der Waals surface area contributed by atoms with Gasteiger partial charge in [0.15, 0.2) is 0 Å². The summed E-state index contributed by atoms with van der Waals surface area (Å²) in [7, 11) is 0. The average Bonchev–Trinajstić information content (AvgIpc) is 2.62. The van der Waals surface area contributed by atoms with Crippen LogP contribution in [0.3, 0.4) is 0 Å². The summed E-state index contributed by atoms with van der Waals surface area (Å²) < 4.78 is 0. The SMILES string of the molecule is CC(C)[C@]1(CC(=O)O)C[C@@H]1C(=O)O. The molecular formula is C9H14O4. The molecule has 0 aromatic rings. The van der Waals surface area contributed by atoms with Crippen molar-refractivity contribution >= 4 is 11.9 Å². The Morgan fingerprint density at radius 2 is 2.00 bits per heavy atom. The molecule has 1 fully saturated rings. The Morgan fingerprint density at radius 3 is 2.23 bits per heavy atom. The molecule has 0 saturated heterocycles. The van der Waals surface area contributed by atoms with E-state index in [9.17, 15) is 9.59 Å². The van der Waals surface area contributed by atoms with Crippen LogP contribution in [-0.2, 0) is 9.59 Å². The molecule has 0 amide bonds. The zero-order chi connectivity index (χ0) is 10.2. The lowest BCUT2D eigenvalue weighted by Crippen LogP contribution is -2.20. The van der Waals surface area contributed by atoms with Gasteiger partial charge in [0.1, 0.15) is 0 Å². The molecule has 4 nitrogen and oxygen atoms in total. The van der Waals surface area contributed by atoms with E-state index in [1.807, 2.05) is 13.8 Å². The molecule has 0 aromatic heterocycles. The Kier molecular flexibility index (Phi) is 2.32. The van der Waals surface area contributed by atoms with E-state index in [1.54, 1.807) is 0 Å². The van der Waals surface area contributed by atoms with Crippen LogP contribution in [0.2, 0.25) is 0 Å². The number of carboxylic acids is 2. The summed E-state index contributed by atoms with van der Waals surface area (Å²) in [4.78, 5) is 21.2. The Hall–Kier alpha value is -1.06. The van der Waals surface area contributed by atoms with Gasteiger partial charge < -0.3 is 10.2 Å². The molecule has 4 heteroatoms. The standard InChI is InChI=1S/C9H14O4/c1-5(2)9(4-7(10)11)3-6(9)8(12)13/h5-6H,3-4H2,1-2H3,(H,10,11)(H,12,13)/t6-,9-/m1/s1. The fraction of sp³-hybridized carbons (Fsp3) is 0.778. The Balaban J connectivity index is 2.71. The van der Waals surface area contributed by atoms with Crippen molar-refractivity contribution in [2.24, 2.45) is 17.3 Å². The summed E-state index contributed by atoms with van der Waals surface area (Å²) >= 11 is 0. The van der Waals surface area contributed by atoms with Crippen molar-refractivity contribution < 1.29 is 19.8 Å². The molecule has 2 N–H and O–H groups in total. The average molecular weight is 186 g/mol. The minimum atomic E-state index is -0.905. The lowest BCUT2D eigenvalue weighted by molar-refractivity contribution is -0.141. The second-order valence-corrected chi connectivity index (χ2v) is 4.05. The highest BCUT2D eigenvalue weighted by Crippen LogP contribution is 2.60. The second-order valence-electron chi connectivity index (χ2n) is 4.05. The van der Waals surface area contributed by atoms with E-state index in [-0.39, 0.29) is 12.3 Å². The van der Waals surface area contributed by atoms with Gasteiger partial charge in [0.25, 0.3) is 0 Å². The van der Waals surface area contributed by atoms with Crippen LogP contribution in [0.15, 0.2) is 0 Å². The van der Waals surface area contributed by atoms with E-state index >= 15 is 0 Å². The molecule has 0 aromatic carbocycles. The molecule has 0 aliphatic heterocycles. The number of hydrogen-bond acceptors (Lipinski definition) is 2. The molecule has 0 bridgehead atoms. The van der Waals surface area contributed by atoms with Crippen molar-refractivity contribution in [3.63, 3.8) is 0 Å². The highest BCUT2D eigenvalue weighted by atomic mass is 16.4. The maximum atomic E-state index is 10.7. The smallest absolute Gasteiger partial charge is 0.307 e. The minimum absolute atomic E-state index is 0.0262. The van der Waals surface area contributed by atoms with Crippen LogP contribution >= 0.6 is 0 Å². The summed E-state index contributed by atoms with van der Waals surface area (Å²) in [5.41, 5.74) is -0.488. The van der Waals surface area contributed by atoms with Gasteiger partial charge in [-0.05, 0) is 17.8 Å². The molecule has 2 atom stereocenters. The van der Waals surface area contributed by atoms with Crippen LogP contribution in [0.1, 0.15) is 26.7 Å². The van der Waals surface area contributed by atoms with Crippen molar-refractivity contribution in [2.75, 3.05) is 0 Å². The van der Waals surface area contributed by atoms with Gasteiger partial charge in [0.2, 0.25) is 0 Å². The third-order valence-electron chi connectivity index (χ3n) is 3.05. The van der Waals surface area contributed by atoms with E-state index in [0.29, 0.717) is 6.42 Å². The van der Waals surface area contributed by atoms with Gasteiger partial charge in [0.05, 0.1) is 12.3 Å². The second kappa shape index (κ2) is 3.01. The highest BCUT2D eigenvalue weighted by molar-refractivity contribution is 5.78. The summed E-state index contributed by atoms with van der Waals surface area (Å²) in [6.07, 6.45) is 0.480. The van der Waals surface area contributed by atoms with Crippen LogP contribution in [0.5, 0.6) is 0 Å². The van der Waals surface area contributed by atoms with Gasteiger partial charge in [-0.2, -0.15) is 0 Å². The third kappa shape index (κ3) is 1.66. The van der Waals surface area contributed by atoms with Crippen LogP contribution in [0.4, 0.5) is 0 Å². The highest BCUT2D eigenvalue weighted by Gasteiger charge is 2.60. The molecular weight excluding hydrogens is 172 g/mol. The Labute approximate surface area is 76.6 Å². The number of carbonyl (C=O) groups is 2. The Bertz CT molecular complexity index is 246. The summed E-state index contributed by atoms with van der Waals surface area (Å²) in [5.74, 6) is -2.11. The number of hydrogen-bond donors (Lipinski definition) is 2. The van der Waals surface area contributed by atoms with E-state index in [1.165, 1.54) is 0 Å². The summed E-state index contributed by atoms with van der Waals surface area (Å²) in [5, 5.41) is 17.4. The number of rotatable bonds is 4. The molecule has 0 spiro atoms. The van der Waals surface area contributed by atoms with Gasteiger partial charge in [-0.3, -0.25) is 9.59 Å². The van der Waals surface area contributed by atoms with Crippen LogP contribution in [-0.4, -0.2) is 22.2 Å². The first kappa shape index (κ1) is 10.0. The van der Waals surface area contributed by atoms with E-state index in [4.69, 9.17) is 10.2 Å².